The van der Waals surface area contributed by atoms with Gasteiger partial charge in [-0.05, 0) is 25.1 Å². The zero-order valence-corrected chi connectivity index (χ0v) is 14.9. The maximum Gasteiger partial charge on any atom is 0.239 e. The molecule has 0 saturated heterocycles. The molecule has 0 atom stereocenters. The lowest BCUT2D eigenvalue weighted by atomic mass is 10.1. The molecule has 3 rings (SSSR count). The van der Waals surface area contributed by atoms with E-state index in [0.717, 1.165) is 5.56 Å². The number of pyridine rings is 2. The SMILES string of the molecule is CCNC(=O)CNc1cc(-c2cnc(-n3cccn3)c(N)c2)c(Cl)cn1. The Balaban J connectivity index is 1.85. The average Bonchev–Trinajstić information content (AvgIpc) is 3.15. The van der Waals surface area contributed by atoms with Crippen molar-refractivity contribution in [3.05, 3.63) is 48.0 Å². The van der Waals surface area contributed by atoms with Crippen molar-refractivity contribution in [2.45, 2.75) is 6.92 Å². The molecule has 0 aromatic carbocycles. The van der Waals surface area contributed by atoms with Crippen molar-refractivity contribution >= 4 is 29.0 Å². The summed E-state index contributed by atoms with van der Waals surface area (Å²) in [6.07, 6.45) is 6.61. The van der Waals surface area contributed by atoms with Gasteiger partial charge in [0.25, 0.3) is 0 Å². The van der Waals surface area contributed by atoms with Gasteiger partial charge in [-0.25, -0.2) is 14.6 Å². The van der Waals surface area contributed by atoms with Gasteiger partial charge >= 0.3 is 0 Å². The number of rotatable bonds is 6. The van der Waals surface area contributed by atoms with E-state index < -0.39 is 0 Å². The van der Waals surface area contributed by atoms with E-state index in [4.69, 9.17) is 17.3 Å². The van der Waals surface area contributed by atoms with Gasteiger partial charge < -0.3 is 16.4 Å². The van der Waals surface area contributed by atoms with Gasteiger partial charge in [0.15, 0.2) is 5.82 Å². The maximum absolute atomic E-state index is 11.6. The number of carbonyl (C=O) groups is 1. The fourth-order valence-corrected chi connectivity index (χ4v) is 2.61. The molecule has 0 saturated carbocycles. The Kier molecular flexibility index (Phi) is 5.33. The van der Waals surface area contributed by atoms with Crippen LogP contribution in [0.15, 0.2) is 43.0 Å². The minimum atomic E-state index is -0.111. The van der Waals surface area contributed by atoms with E-state index in [0.29, 0.717) is 34.5 Å². The van der Waals surface area contributed by atoms with Crippen molar-refractivity contribution < 1.29 is 4.79 Å². The third-order valence-electron chi connectivity index (χ3n) is 3.59. The lowest BCUT2D eigenvalue weighted by molar-refractivity contribution is -0.119. The quantitative estimate of drug-likeness (QED) is 0.612. The van der Waals surface area contributed by atoms with Gasteiger partial charge in [-0.2, -0.15) is 5.10 Å². The molecule has 4 N–H and O–H groups in total. The van der Waals surface area contributed by atoms with Crippen LogP contribution in [0.2, 0.25) is 5.02 Å². The highest BCUT2D eigenvalue weighted by Crippen LogP contribution is 2.31. The first-order valence-corrected chi connectivity index (χ1v) is 8.38. The number of likely N-dealkylation sites (N-methyl/N-ethyl adjacent to an activating group) is 1. The summed E-state index contributed by atoms with van der Waals surface area (Å²) in [5.41, 5.74) is 8.04. The van der Waals surface area contributed by atoms with Gasteiger partial charge in [-0.15, -0.1) is 0 Å². The molecule has 0 bridgehead atoms. The summed E-state index contributed by atoms with van der Waals surface area (Å²) < 4.78 is 1.59. The van der Waals surface area contributed by atoms with E-state index in [9.17, 15) is 4.79 Å². The van der Waals surface area contributed by atoms with Gasteiger partial charge in [-0.1, -0.05) is 11.6 Å². The number of carbonyl (C=O) groups excluding carboxylic acids is 1. The summed E-state index contributed by atoms with van der Waals surface area (Å²) in [7, 11) is 0. The smallest absolute Gasteiger partial charge is 0.239 e. The van der Waals surface area contributed by atoms with Crippen molar-refractivity contribution in [1.29, 1.82) is 0 Å². The molecule has 0 spiro atoms. The van der Waals surface area contributed by atoms with E-state index >= 15 is 0 Å². The third-order valence-corrected chi connectivity index (χ3v) is 3.89. The summed E-state index contributed by atoms with van der Waals surface area (Å²) in [6, 6.07) is 5.33. The zero-order valence-electron chi connectivity index (χ0n) is 14.1. The Hall–Kier alpha value is -3.13. The largest absolute Gasteiger partial charge is 0.396 e. The van der Waals surface area contributed by atoms with E-state index in [-0.39, 0.29) is 12.5 Å². The number of halogens is 1. The molecule has 0 fully saturated rings. The second-order valence-corrected chi connectivity index (χ2v) is 5.85. The van der Waals surface area contributed by atoms with E-state index in [2.05, 4.69) is 25.7 Å². The standard InChI is InChI=1S/C17H18ClN7O/c1-2-20-16(26)10-22-15-7-12(13(18)9-21-15)11-6-14(19)17(23-8-11)25-5-3-4-24-25/h3-9H,2,10,19H2,1H3,(H,20,26)(H,21,22). The van der Waals surface area contributed by atoms with Gasteiger partial charge in [0, 0.05) is 42.5 Å². The summed E-state index contributed by atoms with van der Waals surface area (Å²) in [5.74, 6) is 0.962. The number of nitrogen functional groups attached to an aromatic ring is 1. The van der Waals surface area contributed by atoms with Crippen LogP contribution in [0.5, 0.6) is 0 Å². The Morgan fingerprint density at radius 2 is 2.15 bits per heavy atom. The van der Waals surface area contributed by atoms with Crippen LogP contribution in [0.25, 0.3) is 16.9 Å². The van der Waals surface area contributed by atoms with Crippen LogP contribution < -0.4 is 16.4 Å². The first-order chi connectivity index (χ1) is 12.6. The molecule has 1 amide bonds. The van der Waals surface area contributed by atoms with Crippen molar-refractivity contribution in [2.24, 2.45) is 0 Å². The van der Waals surface area contributed by atoms with E-state index in [1.165, 1.54) is 6.20 Å². The van der Waals surface area contributed by atoms with Crippen LogP contribution >= 0.6 is 11.6 Å². The van der Waals surface area contributed by atoms with Crippen molar-refractivity contribution in [1.82, 2.24) is 25.1 Å². The fourth-order valence-electron chi connectivity index (χ4n) is 2.39. The minimum Gasteiger partial charge on any atom is -0.396 e. The number of nitrogens with one attached hydrogen (secondary N) is 2. The molecule has 3 heterocycles. The van der Waals surface area contributed by atoms with Crippen LogP contribution in [0, 0.1) is 0 Å². The molecule has 9 heteroatoms. The molecule has 0 aliphatic heterocycles. The predicted octanol–water partition coefficient (Wildman–Crippen LogP) is 2.11. The van der Waals surface area contributed by atoms with Crippen molar-refractivity contribution in [3.63, 3.8) is 0 Å². The van der Waals surface area contributed by atoms with Gasteiger partial charge in [0.2, 0.25) is 5.91 Å². The highest BCUT2D eigenvalue weighted by Gasteiger charge is 2.11. The van der Waals surface area contributed by atoms with Gasteiger partial charge in [0.1, 0.15) is 5.82 Å². The molecule has 0 aliphatic carbocycles. The molecule has 3 aromatic rings. The molecule has 0 unspecified atom stereocenters. The number of hydrogen-bond donors (Lipinski definition) is 3. The number of nitrogens with zero attached hydrogens (tertiary/aromatic N) is 4. The Morgan fingerprint density at radius 1 is 1.31 bits per heavy atom. The normalized spacial score (nSPS) is 10.5. The first-order valence-electron chi connectivity index (χ1n) is 8.00. The second kappa shape index (κ2) is 7.83. The van der Waals surface area contributed by atoms with Crippen LogP contribution in [-0.4, -0.2) is 38.7 Å². The fraction of sp³-hybridized carbons (Fsp3) is 0.176. The van der Waals surface area contributed by atoms with Crippen LogP contribution in [0.3, 0.4) is 0 Å². The Labute approximate surface area is 155 Å². The van der Waals surface area contributed by atoms with E-state index in [1.807, 2.05) is 6.92 Å². The van der Waals surface area contributed by atoms with Gasteiger partial charge in [0.05, 0.1) is 17.3 Å². The maximum atomic E-state index is 11.6. The highest BCUT2D eigenvalue weighted by molar-refractivity contribution is 6.33. The predicted molar refractivity (Wildman–Crippen MR) is 101 cm³/mol. The third kappa shape index (κ3) is 3.92. The summed E-state index contributed by atoms with van der Waals surface area (Å²) >= 11 is 6.28. The highest BCUT2D eigenvalue weighted by atomic mass is 35.5. The number of amides is 1. The summed E-state index contributed by atoms with van der Waals surface area (Å²) in [5, 5.41) is 10.3. The number of nitrogens with two attached hydrogens (primary N) is 1. The Morgan fingerprint density at radius 3 is 2.85 bits per heavy atom. The molecule has 0 aliphatic rings. The lowest BCUT2D eigenvalue weighted by Crippen LogP contribution is -2.29. The number of aromatic nitrogens is 4. The van der Waals surface area contributed by atoms with Gasteiger partial charge in [-0.3, -0.25) is 4.79 Å². The topological polar surface area (TPSA) is 111 Å². The van der Waals surface area contributed by atoms with Crippen LogP contribution in [-0.2, 0) is 4.79 Å². The average molecular weight is 372 g/mol. The molecular weight excluding hydrogens is 354 g/mol. The van der Waals surface area contributed by atoms with Crippen LogP contribution in [0.4, 0.5) is 11.5 Å². The second-order valence-electron chi connectivity index (χ2n) is 5.44. The lowest BCUT2D eigenvalue weighted by Gasteiger charge is -2.11. The minimum absolute atomic E-state index is 0.111. The number of hydrogen-bond acceptors (Lipinski definition) is 6. The molecule has 8 nitrogen and oxygen atoms in total. The van der Waals surface area contributed by atoms with Crippen molar-refractivity contribution in [3.8, 4) is 16.9 Å². The first kappa shape index (κ1) is 17.7. The molecule has 134 valence electrons. The van der Waals surface area contributed by atoms with Crippen molar-refractivity contribution in [2.75, 3.05) is 24.1 Å². The molecule has 3 aromatic heterocycles. The zero-order chi connectivity index (χ0) is 18.5. The van der Waals surface area contributed by atoms with E-state index in [1.54, 1.807) is 41.5 Å². The molecular formula is C17H18ClN7O. The monoisotopic (exact) mass is 371 g/mol. The number of anilines is 2. The Bertz CT molecular complexity index is 911. The van der Waals surface area contributed by atoms with Crippen LogP contribution in [0.1, 0.15) is 6.92 Å². The molecule has 0 radical (unpaired) electrons. The summed E-state index contributed by atoms with van der Waals surface area (Å²) in [4.78, 5) is 20.1. The molecule has 26 heavy (non-hydrogen) atoms. The summed E-state index contributed by atoms with van der Waals surface area (Å²) in [6.45, 7) is 2.56.